The number of benzene rings is 3. The Morgan fingerprint density at radius 3 is 2.69 bits per heavy atom. The number of aryl methyl sites for hydroxylation is 1. The van der Waals surface area contributed by atoms with Gasteiger partial charge in [0.1, 0.15) is 36.0 Å². The van der Waals surface area contributed by atoms with Crippen molar-refractivity contribution in [3.05, 3.63) is 94.8 Å². The van der Waals surface area contributed by atoms with Crippen LogP contribution >= 0.6 is 11.6 Å². The van der Waals surface area contributed by atoms with Crippen LogP contribution in [0, 0.1) is 12.7 Å². The quantitative estimate of drug-likeness (QED) is 0.232. The van der Waals surface area contributed by atoms with Crippen LogP contribution in [0.2, 0.25) is 5.02 Å². The van der Waals surface area contributed by atoms with E-state index >= 15 is 0 Å². The van der Waals surface area contributed by atoms with Crippen LogP contribution in [0.1, 0.15) is 30.2 Å². The van der Waals surface area contributed by atoms with Gasteiger partial charge >= 0.3 is 0 Å². The SMILES string of the molecule is CCC(=O)Nc1cc2c(Nc3ccc(F)c(Cl)c3)ncnc2cc1OCc1cn(Cc2ccc(C)cc2)nn1. The van der Waals surface area contributed by atoms with Gasteiger partial charge in [-0.25, -0.2) is 19.0 Å². The van der Waals surface area contributed by atoms with E-state index in [1.807, 2.05) is 13.1 Å². The highest BCUT2D eigenvalue weighted by Gasteiger charge is 2.15. The minimum atomic E-state index is -0.517. The van der Waals surface area contributed by atoms with Crippen molar-refractivity contribution >= 4 is 45.6 Å². The third kappa shape index (κ3) is 6.29. The average Bonchev–Trinajstić information content (AvgIpc) is 3.38. The molecule has 0 aliphatic carbocycles. The molecule has 39 heavy (non-hydrogen) atoms. The molecule has 2 N–H and O–H groups in total. The minimum Gasteiger partial charge on any atom is -0.485 e. The number of hydrogen-bond acceptors (Lipinski definition) is 7. The fraction of sp³-hybridized carbons (Fsp3) is 0.179. The first-order valence-electron chi connectivity index (χ1n) is 12.3. The standard InChI is InChI=1S/C28H25ClFN7O2/c1-3-27(38)34-25-11-21-24(31-16-32-28(21)33-19-8-9-23(30)22(29)10-19)12-26(25)39-15-20-14-37(36-35-20)13-18-6-4-17(2)5-7-18/h4-12,14,16H,3,13,15H2,1-2H3,(H,34,38)(H,31,32,33). The third-order valence-electron chi connectivity index (χ3n) is 5.94. The van der Waals surface area contributed by atoms with Gasteiger partial charge in [-0.05, 0) is 36.8 Å². The van der Waals surface area contributed by atoms with Gasteiger partial charge < -0.3 is 15.4 Å². The highest BCUT2D eigenvalue weighted by atomic mass is 35.5. The zero-order chi connectivity index (χ0) is 27.4. The maximum Gasteiger partial charge on any atom is 0.224 e. The fourth-order valence-electron chi connectivity index (χ4n) is 3.86. The van der Waals surface area contributed by atoms with E-state index in [-0.39, 0.29) is 24.0 Å². The molecule has 5 rings (SSSR count). The van der Waals surface area contributed by atoms with E-state index in [0.29, 0.717) is 46.1 Å². The van der Waals surface area contributed by atoms with Crippen LogP contribution in [0.5, 0.6) is 5.75 Å². The van der Waals surface area contributed by atoms with E-state index in [9.17, 15) is 9.18 Å². The summed E-state index contributed by atoms with van der Waals surface area (Å²) in [4.78, 5) is 21.0. The number of amides is 1. The van der Waals surface area contributed by atoms with Crippen LogP contribution in [0.25, 0.3) is 10.9 Å². The van der Waals surface area contributed by atoms with E-state index < -0.39 is 5.82 Å². The van der Waals surface area contributed by atoms with Crippen molar-refractivity contribution in [1.82, 2.24) is 25.0 Å². The summed E-state index contributed by atoms with van der Waals surface area (Å²) in [5.41, 5.74) is 4.53. The van der Waals surface area contributed by atoms with Crippen molar-refractivity contribution in [2.24, 2.45) is 0 Å². The number of hydrogen-bond donors (Lipinski definition) is 2. The van der Waals surface area contributed by atoms with Gasteiger partial charge in [0.25, 0.3) is 0 Å². The third-order valence-corrected chi connectivity index (χ3v) is 6.23. The molecule has 0 radical (unpaired) electrons. The van der Waals surface area contributed by atoms with Gasteiger partial charge in [-0.1, -0.05) is 53.6 Å². The number of aromatic nitrogens is 5. The van der Waals surface area contributed by atoms with Gasteiger partial charge in [0.15, 0.2) is 0 Å². The molecule has 5 aromatic rings. The lowest BCUT2D eigenvalue weighted by Crippen LogP contribution is -2.11. The molecule has 0 bridgehead atoms. The summed E-state index contributed by atoms with van der Waals surface area (Å²) in [5, 5.41) is 15.0. The lowest BCUT2D eigenvalue weighted by Gasteiger charge is -2.15. The number of nitrogens with zero attached hydrogens (tertiary/aromatic N) is 5. The predicted octanol–water partition coefficient (Wildman–Crippen LogP) is 6.04. The second kappa shape index (κ2) is 11.4. The number of carbonyl (C=O) groups is 1. The van der Waals surface area contributed by atoms with Crippen molar-refractivity contribution in [2.75, 3.05) is 10.6 Å². The van der Waals surface area contributed by atoms with Crippen molar-refractivity contribution in [3.63, 3.8) is 0 Å². The zero-order valence-electron chi connectivity index (χ0n) is 21.3. The topological polar surface area (TPSA) is 107 Å². The first-order chi connectivity index (χ1) is 18.9. The highest BCUT2D eigenvalue weighted by Crippen LogP contribution is 2.34. The Labute approximate surface area is 229 Å². The Hall–Kier alpha value is -4.57. The molecule has 0 spiro atoms. The molecule has 0 unspecified atom stereocenters. The molecular formula is C28H25ClFN7O2. The van der Waals surface area contributed by atoms with Gasteiger partial charge in [-0.15, -0.1) is 5.10 Å². The van der Waals surface area contributed by atoms with Crippen LogP contribution in [-0.2, 0) is 17.9 Å². The van der Waals surface area contributed by atoms with E-state index in [0.717, 1.165) is 5.56 Å². The molecule has 3 aromatic carbocycles. The minimum absolute atomic E-state index is 0.0132. The summed E-state index contributed by atoms with van der Waals surface area (Å²) in [6.45, 7) is 4.53. The van der Waals surface area contributed by atoms with E-state index in [4.69, 9.17) is 16.3 Å². The molecule has 0 saturated carbocycles. The van der Waals surface area contributed by atoms with Crippen LogP contribution < -0.4 is 15.4 Å². The number of rotatable bonds is 9. The summed E-state index contributed by atoms with van der Waals surface area (Å²) in [7, 11) is 0. The molecule has 9 nitrogen and oxygen atoms in total. The fourth-order valence-corrected chi connectivity index (χ4v) is 4.04. The van der Waals surface area contributed by atoms with Crippen LogP contribution in [0.3, 0.4) is 0 Å². The zero-order valence-corrected chi connectivity index (χ0v) is 22.0. The summed E-state index contributed by atoms with van der Waals surface area (Å²) in [6.07, 6.45) is 3.51. The summed E-state index contributed by atoms with van der Waals surface area (Å²) < 4.78 is 21.4. The van der Waals surface area contributed by atoms with E-state index in [1.165, 1.54) is 24.0 Å². The Bertz CT molecular complexity index is 1640. The number of fused-ring (bicyclic) bond motifs is 1. The average molecular weight is 546 g/mol. The monoisotopic (exact) mass is 545 g/mol. The highest BCUT2D eigenvalue weighted by molar-refractivity contribution is 6.31. The van der Waals surface area contributed by atoms with Gasteiger partial charge in [0.05, 0.1) is 29.0 Å². The number of nitrogens with one attached hydrogen (secondary N) is 2. The molecule has 11 heteroatoms. The molecule has 0 aliphatic heterocycles. The Balaban J connectivity index is 1.39. The summed E-state index contributed by atoms with van der Waals surface area (Å²) in [6, 6.07) is 16.0. The molecule has 0 aliphatic rings. The number of ether oxygens (including phenoxy) is 1. The van der Waals surface area contributed by atoms with Gasteiger partial charge in [0.2, 0.25) is 5.91 Å². The number of anilines is 3. The summed E-state index contributed by atoms with van der Waals surface area (Å²) in [5.74, 6) is 0.184. The van der Waals surface area contributed by atoms with Crippen molar-refractivity contribution in [1.29, 1.82) is 0 Å². The van der Waals surface area contributed by atoms with Gasteiger partial charge in [-0.2, -0.15) is 0 Å². The second-order valence-corrected chi connectivity index (χ2v) is 9.33. The van der Waals surface area contributed by atoms with Crippen LogP contribution in [-0.4, -0.2) is 30.9 Å². The first-order valence-corrected chi connectivity index (χ1v) is 12.6. The largest absolute Gasteiger partial charge is 0.485 e. The van der Waals surface area contributed by atoms with Gasteiger partial charge in [0, 0.05) is 23.6 Å². The predicted molar refractivity (Wildman–Crippen MR) is 148 cm³/mol. The number of halogens is 2. The maximum absolute atomic E-state index is 13.6. The maximum atomic E-state index is 13.6. The van der Waals surface area contributed by atoms with Crippen LogP contribution in [0.15, 0.2) is 67.1 Å². The molecule has 0 saturated heterocycles. The first kappa shape index (κ1) is 26.1. The number of carbonyl (C=O) groups excluding carboxylic acids is 1. The van der Waals surface area contributed by atoms with Crippen molar-refractivity contribution in [2.45, 2.75) is 33.4 Å². The molecule has 0 fully saturated rings. The molecule has 0 atom stereocenters. The van der Waals surface area contributed by atoms with Crippen molar-refractivity contribution in [3.8, 4) is 5.75 Å². The summed E-state index contributed by atoms with van der Waals surface area (Å²) >= 11 is 5.93. The van der Waals surface area contributed by atoms with Crippen molar-refractivity contribution < 1.29 is 13.9 Å². The van der Waals surface area contributed by atoms with Crippen LogP contribution in [0.4, 0.5) is 21.6 Å². The lowest BCUT2D eigenvalue weighted by molar-refractivity contribution is -0.115. The van der Waals surface area contributed by atoms with E-state index in [1.54, 1.807) is 29.8 Å². The molecule has 198 valence electrons. The molecule has 1 amide bonds. The molecule has 2 aromatic heterocycles. The second-order valence-electron chi connectivity index (χ2n) is 8.93. The van der Waals surface area contributed by atoms with E-state index in [2.05, 4.69) is 55.2 Å². The molecule has 2 heterocycles. The Morgan fingerprint density at radius 1 is 1.10 bits per heavy atom. The van der Waals surface area contributed by atoms with Gasteiger partial charge in [-0.3, -0.25) is 4.79 Å². The smallest absolute Gasteiger partial charge is 0.224 e. The molecular weight excluding hydrogens is 521 g/mol. The normalized spacial score (nSPS) is 11.0. The lowest BCUT2D eigenvalue weighted by atomic mass is 10.1. The Morgan fingerprint density at radius 2 is 1.92 bits per heavy atom. The Kier molecular flexibility index (Phi) is 7.64.